The Balaban J connectivity index is 1.92. The lowest BCUT2D eigenvalue weighted by Crippen LogP contribution is -2.63. The molecule has 3 aliphatic rings. The van der Waals surface area contributed by atoms with E-state index in [0.717, 1.165) is 0 Å². The molecule has 15 heteroatoms. The summed E-state index contributed by atoms with van der Waals surface area (Å²) in [4.78, 5) is 53.6. The fourth-order valence-electron chi connectivity index (χ4n) is 6.23. The van der Waals surface area contributed by atoms with E-state index in [2.05, 4.69) is 10.6 Å². The smallest absolute Gasteiger partial charge is 0.255 e. The van der Waals surface area contributed by atoms with Gasteiger partial charge in [0, 0.05) is 23.2 Å². The van der Waals surface area contributed by atoms with Crippen molar-refractivity contribution in [2.24, 2.45) is 17.6 Å². The molecule has 1 aromatic rings. The molecule has 42 heavy (non-hydrogen) atoms. The maximum Gasteiger partial charge on any atom is 0.255 e. The molecule has 8 N–H and O–H groups in total. The van der Waals surface area contributed by atoms with E-state index in [4.69, 9.17) is 40.5 Å². The van der Waals surface area contributed by atoms with Crippen LogP contribution in [0.15, 0.2) is 28.7 Å². The molecule has 12 nitrogen and oxygen atoms in total. The van der Waals surface area contributed by atoms with Crippen molar-refractivity contribution in [3.05, 3.63) is 39.9 Å². The number of hydrogen-bond donors (Lipinski definition) is 7. The van der Waals surface area contributed by atoms with Gasteiger partial charge in [0.15, 0.2) is 20.9 Å². The van der Waals surface area contributed by atoms with Crippen LogP contribution in [0.5, 0.6) is 5.75 Å². The number of phenols is 1. The third-order valence-corrected chi connectivity index (χ3v) is 8.20. The fourth-order valence-corrected chi connectivity index (χ4v) is 6.59. The summed E-state index contributed by atoms with van der Waals surface area (Å²) in [5, 5.41) is 50.9. The summed E-state index contributed by atoms with van der Waals surface area (Å²) in [6.07, 6.45) is -0.551. The number of nitrogens with zero attached hydrogens (tertiary/aromatic N) is 1. The van der Waals surface area contributed by atoms with Gasteiger partial charge in [-0.05, 0) is 58.3 Å². The fraction of sp³-hybridized carbons (Fsp3) is 0.481. The zero-order valence-corrected chi connectivity index (χ0v) is 25.4. The zero-order chi connectivity index (χ0) is 31.6. The van der Waals surface area contributed by atoms with Gasteiger partial charge in [0.05, 0.1) is 23.7 Å². The third kappa shape index (κ3) is 5.19. The van der Waals surface area contributed by atoms with Crippen LogP contribution in [0.1, 0.15) is 42.6 Å². The first-order valence-corrected chi connectivity index (χ1v) is 14.1. The molecule has 0 spiro atoms. The number of aliphatic hydroxyl groups is 3. The molecule has 3 aliphatic carbocycles. The van der Waals surface area contributed by atoms with Crippen LogP contribution in [0.4, 0.5) is 11.4 Å². The van der Waals surface area contributed by atoms with Crippen molar-refractivity contribution in [1.82, 2.24) is 4.90 Å². The minimum atomic E-state index is -2.77. The summed E-state index contributed by atoms with van der Waals surface area (Å²) in [6.45, 7) is 3.67. The van der Waals surface area contributed by atoms with Gasteiger partial charge in [0.1, 0.15) is 17.1 Å². The van der Waals surface area contributed by atoms with Crippen molar-refractivity contribution in [3.63, 3.8) is 0 Å². The standard InChI is InChI=1S/C27H31Cl3N4O8/c1-9(2)32-13-7-14(33-15(35)8-26(28,29)30)20(36)17-11(13)5-10-6-12-19(34(3)4)22(38)18(25(31)41)24(40)27(12,42)23(39)16(10)21(17)37/h7,9-10,12,19,32,36,38-39,42H,5-6,8H2,1-4H3,(H2,31,41)(H,33,35)/t10?,12?,19-,27-/m0/s1. The first kappa shape index (κ1) is 31.9. The molecular formula is C27H31Cl3N4O8. The lowest BCUT2D eigenvalue weighted by atomic mass is 9.58. The number of nitrogens with two attached hydrogens (primary N) is 1. The number of carbonyl (C=O) groups is 4. The van der Waals surface area contributed by atoms with Crippen molar-refractivity contribution in [1.29, 1.82) is 0 Å². The quantitative estimate of drug-likeness (QED) is 0.104. The molecule has 2 unspecified atom stereocenters. The number of Topliss-reactive ketones (excluding diaryl/α,β-unsaturated/α-hetero) is 2. The molecule has 0 aromatic heterocycles. The first-order chi connectivity index (χ1) is 19.3. The predicted octanol–water partition coefficient (Wildman–Crippen LogP) is 2.64. The molecule has 4 atom stereocenters. The molecule has 2 amide bonds. The normalized spacial score (nSPS) is 25.8. The van der Waals surface area contributed by atoms with E-state index in [-0.39, 0.29) is 35.7 Å². The van der Waals surface area contributed by atoms with Crippen LogP contribution in [-0.2, 0) is 20.8 Å². The van der Waals surface area contributed by atoms with Crippen LogP contribution >= 0.6 is 34.8 Å². The number of phenolic OH excluding ortho intramolecular Hbond substituents is 1. The number of anilines is 2. The molecule has 0 radical (unpaired) electrons. The Bertz CT molecular complexity index is 1470. The van der Waals surface area contributed by atoms with Gasteiger partial charge in [-0.15, -0.1) is 0 Å². The number of fused-ring (bicyclic) bond motifs is 3. The number of rotatable bonds is 6. The van der Waals surface area contributed by atoms with E-state index in [1.54, 1.807) is 14.1 Å². The Morgan fingerprint density at radius 2 is 1.79 bits per heavy atom. The van der Waals surface area contributed by atoms with Gasteiger partial charge in [-0.3, -0.25) is 24.1 Å². The number of ketones is 2. The van der Waals surface area contributed by atoms with Gasteiger partial charge < -0.3 is 36.8 Å². The summed E-state index contributed by atoms with van der Waals surface area (Å²) in [5.41, 5.74) is 1.69. The number of amides is 2. The maximum atomic E-state index is 14.0. The minimum absolute atomic E-state index is 0.0601. The Kier molecular flexibility index (Phi) is 8.29. The second kappa shape index (κ2) is 10.9. The first-order valence-electron chi connectivity index (χ1n) is 13.0. The second-order valence-corrected chi connectivity index (χ2v) is 13.8. The number of carbonyl (C=O) groups excluding carboxylic acids is 4. The maximum absolute atomic E-state index is 14.0. The average molecular weight is 646 g/mol. The van der Waals surface area contributed by atoms with Crippen molar-refractivity contribution >= 4 is 69.6 Å². The molecule has 0 saturated carbocycles. The summed E-state index contributed by atoms with van der Waals surface area (Å²) < 4.78 is -1.93. The molecular weight excluding hydrogens is 615 g/mol. The highest BCUT2D eigenvalue weighted by atomic mass is 35.6. The van der Waals surface area contributed by atoms with Gasteiger partial charge in [0.25, 0.3) is 5.91 Å². The highest BCUT2D eigenvalue weighted by molar-refractivity contribution is 6.68. The summed E-state index contributed by atoms with van der Waals surface area (Å²) in [6, 6.07) is 0.183. The number of benzene rings is 1. The Morgan fingerprint density at radius 3 is 2.31 bits per heavy atom. The van der Waals surface area contributed by atoms with Crippen LogP contribution in [0.25, 0.3) is 0 Å². The molecule has 228 valence electrons. The number of nitrogens with one attached hydrogen (secondary N) is 2. The van der Waals surface area contributed by atoms with Gasteiger partial charge in [-0.1, -0.05) is 34.8 Å². The number of aliphatic hydroxyl groups excluding tert-OH is 2. The number of halogens is 3. The number of hydrogen-bond acceptors (Lipinski definition) is 10. The Hall–Kier alpha value is -3.03. The Morgan fingerprint density at radius 1 is 1.17 bits per heavy atom. The largest absolute Gasteiger partial charge is 0.510 e. The summed E-state index contributed by atoms with van der Waals surface area (Å²) >= 11 is 17.2. The number of aromatic hydroxyl groups is 1. The number of alkyl halides is 3. The van der Waals surface area contributed by atoms with Gasteiger partial charge in [-0.25, -0.2) is 0 Å². The number of allylic oxidation sites excluding steroid dienone is 1. The monoisotopic (exact) mass is 644 g/mol. The third-order valence-electron chi connectivity index (χ3n) is 7.80. The molecule has 0 aliphatic heterocycles. The van der Waals surface area contributed by atoms with E-state index in [0.29, 0.717) is 11.3 Å². The lowest BCUT2D eigenvalue weighted by molar-refractivity contribution is -0.148. The SMILES string of the molecule is CC(C)Nc1cc(NC(=O)CC(Cl)(Cl)Cl)c(O)c2c1CC1CC3[C@H](N(C)C)C(O)=C(C(N)=O)C(=O)[C@@]3(O)C(O)=C1C2=O. The second-order valence-electron chi connectivity index (χ2n) is 11.3. The van der Waals surface area contributed by atoms with Crippen molar-refractivity contribution < 1.29 is 39.6 Å². The van der Waals surface area contributed by atoms with Crippen molar-refractivity contribution in [2.45, 2.75) is 54.6 Å². The molecule has 0 fully saturated rings. The minimum Gasteiger partial charge on any atom is -0.510 e. The lowest BCUT2D eigenvalue weighted by Gasteiger charge is -2.50. The molecule has 0 bridgehead atoms. The van der Waals surface area contributed by atoms with E-state index in [1.165, 1.54) is 11.0 Å². The highest BCUT2D eigenvalue weighted by Crippen LogP contribution is 2.53. The van der Waals surface area contributed by atoms with E-state index in [9.17, 15) is 39.6 Å². The van der Waals surface area contributed by atoms with Gasteiger partial charge in [-0.2, -0.15) is 0 Å². The van der Waals surface area contributed by atoms with E-state index < -0.39 is 79.9 Å². The molecule has 0 saturated heterocycles. The Labute approximate surface area is 256 Å². The van der Waals surface area contributed by atoms with Gasteiger partial charge >= 0.3 is 0 Å². The molecule has 1 aromatic carbocycles. The highest BCUT2D eigenvalue weighted by Gasteiger charge is 2.63. The molecule has 4 rings (SSSR count). The van der Waals surface area contributed by atoms with E-state index in [1.807, 2.05) is 13.8 Å². The molecule has 0 heterocycles. The van der Waals surface area contributed by atoms with Gasteiger partial charge in [0.2, 0.25) is 11.7 Å². The van der Waals surface area contributed by atoms with Crippen LogP contribution in [0, 0.1) is 11.8 Å². The number of likely N-dealkylation sites (N-methyl/N-ethyl adjacent to an activating group) is 1. The van der Waals surface area contributed by atoms with Crippen molar-refractivity contribution in [3.8, 4) is 5.75 Å². The van der Waals surface area contributed by atoms with Crippen LogP contribution in [0.2, 0.25) is 0 Å². The predicted molar refractivity (Wildman–Crippen MR) is 156 cm³/mol. The van der Waals surface area contributed by atoms with Crippen LogP contribution in [0.3, 0.4) is 0 Å². The van der Waals surface area contributed by atoms with Crippen LogP contribution in [-0.4, -0.2) is 84.3 Å². The topological polar surface area (TPSA) is 203 Å². The van der Waals surface area contributed by atoms with E-state index >= 15 is 0 Å². The van der Waals surface area contributed by atoms with Crippen LogP contribution < -0.4 is 16.4 Å². The van der Waals surface area contributed by atoms with Crippen molar-refractivity contribution in [2.75, 3.05) is 24.7 Å². The average Bonchev–Trinajstić information content (AvgIpc) is 2.82. The summed E-state index contributed by atoms with van der Waals surface area (Å²) in [7, 11) is 3.10. The summed E-state index contributed by atoms with van der Waals surface area (Å²) in [5.74, 6) is -8.51. The zero-order valence-electron chi connectivity index (χ0n) is 23.1. The number of primary amides is 1.